The van der Waals surface area contributed by atoms with Gasteiger partial charge in [-0.25, -0.2) is 4.98 Å². The van der Waals surface area contributed by atoms with E-state index in [1.807, 2.05) is 6.92 Å². The first-order chi connectivity index (χ1) is 5.74. The fraction of sp³-hybridized carbons (Fsp3) is 0.286. The van der Waals surface area contributed by atoms with E-state index in [4.69, 9.17) is 22.7 Å². The largest absolute Gasteiger partial charge is 0.464 e. The van der Waals surface area contributed by atoms with Gasteiger partial charge >= 0.3 is 6.01 Å². The number of nitrogens with two attached hydrogens (primary N) is 1. The summed E-state index contributed by atoms with van der Waals surface area (Å²) in [5.41, 5.74) is 5.90. The molecule has 1 aromatic rings. The van der Waals surface area contributed by atoms with E-state index in [9.17, 15) is 0 Å². The average Bonchev–Trinajstić information content (AvgIpc) is 2.05. The van der Waals surface area contributed by atoms with Crippen LogP contribution >= 0.6 is 12.2 Å². The summed E-state index contributed by atoms with van der Waals surface area (Å²) in [6.07, 6.45) is 1.56. The molecule has 64 valence electrons. The molecule has 12 heavy (non-hydrogen) atoms. The highest BCUT2D eigenvalue weighted by atomic mass is 32.1. The Morgan fingerprint density at radius 2 is 2.50 bits per heavy atom. The van der Waals surface area contributed by atoms with Crippen LogP contribution in [0.3, 0.4) is 0 Å². The van der Waals surface area contributed by atoms with E-state index in [0.29, 0.717) is 18.3 Å². The standard InChI is InChI=1S/C7H9N3OS/c1-2-11-7-9-4-3-5(10-7)6(8)12/h3-4H,2H2,1H3,(H2,8,12). The molecule has 0 fully saturated rings. The highest BCUT2D eigenvalue weighted by Crippen LogP contribution is 2.02. The van der Waals surface area contributed by atoms with Crippen LogP contribution in [0, 0.1) is 0 Å². The van der Waals surface area contributed by atoms with Crippen LogP contribution in [0.2, 0.25) is 0 Å². The molecular weight excluding hydrogens is 174 g/mol. The van der Waals surface area contributed by atoms with Gasteiger partial charge in [0.25, 0.3) is 0 Å². The Hall–Kier alpha value is -1.23. The summed E-state index contributed by atoms with van der Waals surface area (Å²) in [5, 5.41) is 0. The Balaban J connectivity index is 2.88. The van der Waals surface area contributed by atoms with Crippen LogP contribution in [0.4, 0.5) is 0 Å². The molecule has 0 atom stereocenters. The summed E-state index contributed by atoms with van der Waals surface area (Å²) < 4.78 is 5.06. The van der Waals surface area contributed by atoms with Crippen molar-refractivity contribution in [2.24, 2.45) is 5.73 Å². The van der Waals surface area contributed by atoms with Gasteiger partial charge in [-0.15, -0.1) is 0 Å². The highest BCUT2D eigenvalue weighted by Gasteiger charge is 2.00. The lowest BCUT2D eigenvalue weighted by Crippen LogP contribution is -2.12. The van der Waals surface area contributed by atoms with Crippen LogP contribution in [0.15, 0.2) is 12.3 Å². The fourth-order valence-electron chi connectivity index (χ4n) is 0.677. The Labute approximate surface area is 75.8 Å². The van der Waals surface area contributed by atoms with E-state index in [1.165, 1.54) is 0 Å². The van der Waals surface area contributed by atoms with E-state index in [2.05, 4.69) is 9.97 Å². The number of ether oxygens (including phenoxy) is 1. The van der Waals surface area contributed by atoms with Crippen molar-refractivity contribution in [3.05, 3.63) is 18.0 Å². The van der Waals surface area contributed by atoms with Crippen LogP contribution in [0.25, 0.3) is 0 Å². The molecule has 1 aromatic heterocycles. The van der Waals surface area contributed by atoms with E-state index in [-0.39, 0.29) is 4.99 Å². The Morgan fingerprint density at radius 1 is 1.75 bits per heavy atom. The van der Waals surface area contributed by atoms with Gasteiger partial charge in [-0.1, -0.05) is 12.2 Å². The van der Waals surface area contributed by atoms with Crippen molar-refractivity contribution in [1.82, 2.24) is 9.97 Å². The maximum Gasteiger partial charge on any atom is 0.316 e. The van der Waals surface area contributed by atoms with E-state index in [0.717, 1.165) is 0 Å². The minimum absolute atomic E-state index is 0.248. The lowest BCUT2D eigenvalue weighted by molar-refractivity contribution is 0.312. The van der Waals surface area contributed by atoms with Crippen molar-refractivity contribution in [3.8, 4) is 6.01 Å². The summed E-state index contributed by atoms with van der Waals surface area (Å²) in [7, 11) is 0. The van der Waals surface area contributed by atoms with Crippen LogP contribution in [0.5, 0.6) is 6.01 Å². The van der Waals surface area contributed by atoms with Crippen LogP contribution in [-0.2, 0) is 0 Å². The molecule has 1 heterocycles. The zero-order chi connectivity index (χ0) is 8.97. The molecule has 5 heteroatoms. The van der Waals surface area contributed by atoms with Gasteiger partial charge in [0.05, 0.1) is 6.61 Å². The topological polar surface area (TPSA) is 61.0 Å². The number of aromatic nitrogens is 2. The SMILES string of the molecule is CCOc1nccc(C(N)=S)n1. The summed E-state index contributed by atoms with van der Waals surface area (Å²) in [6.45, 7) is 2.39. The Kier molecular flexibility index (Phi) is 2.93. The minimum atomic E-state index is 0.248. The number of thiocarbonyl (C=S) groups is 1. The second-order valence-corrected chi connectivity index (χ2v) is 2.46. The van der Waals surface area contributed by atoms with Gasteiger partial charge in [-0.2, -0.15) is 4.98 Å². The third-order valence-corrected chi connectivity index (χ3v) is 1.37. The first-order valence-corrected chi connectivity index (χ1v) is 3.90. The van der Waals surface area contributed by atoms with Crippen molar-refractivity contribution in [2.75, 3.05) is 6.61 Å². The number of nitrogens with zero attached hydrogens (tertiary/aromatic N) is 2. The molecule has 1 rings (SSSR count). The van der Waals surface area contributed by atoms with E-state index >= 15 is 0 Å². The fourth-order valence-corrected chi connectivity index (χ4v) is 0.790. The first kappa shape index (κ1) is 8.86. The maximum absolute atomic E-state index is 5.36. The van der Waals surface area contributed by atoms with Crippen molar-refractivity contribution in [2.45, 2.75) is 6.92 Å². The van der Waals surface area contributed by atoms with Crippen LogP contribution in [-0.4, -0.2) is 21.6 Å². The highest BCUT2D eigenvalue weighted by molar-refractivity contribution is 7.80. The molecule has 0 aliphatic heterocycles. The zero-order valence-corrected chi connectivity index (χ0v) is 7.47. The van der Waals surface area contributed by atoms with Gasteiger partial charge in [0, 0.05) is 6.20 Å². The molecule has 0 bridgehead atoms. The summed E-state index contributed by atoms with van der Waals surface area (Å²) in [5.74, 6) is 0. The molecule has 0 aliphatic rings. The van der Waals surface area contributed by atoms with Gasteiger partial charge < -0.3 is 10.5 Å². The van der Waals surface area contributed by atoms with Gasteiger partial charge in [0.2, 0.25) is 0 Å². The molecule has 0 amide bonds. The lowest BCUT2D eigenvalue weighted by atomic mass is 10.4. The molecule has 0 radical (unpaired) electrons. The molecule has 0 spiro atoms. The third-order valence-electron chi connectivity index (χ3n) is 1.16. The monoisotopic (exact) mass is 183 g/mol. The number of hydrogen-bond acceptors (Lipinski definition) is 4. The molecule has 0 aliphatic carbocycles. The van der Waals surface area contributed by atoms with E-state index < -0.39 is 0 Å². The molecule has 0 saturated carbocycles. The molecular formula is C7H9N3OS. The summed E-state index contributed by atoms with van der Waals surface area (Å²) >= 11 is 4.74. The molecule has 0 aromatic carbocycles. The number of rotatable bonds is 3. The zero-order valence-electron chi connectivity index (χ0n) is 6.65. The van der Waals surface area contributed by atoms with Crippen LogP contribution in [0.1, 0.15) is 12.6 Å². The summed E-state index contributed by atoms with van der Waals surface area (Å²) in [4.78, 5) is 8.07. The first-order valence-electron chi connectivity index (χ1n) is 3.49. The molecule has 2 N–H and O–H groups in total. The predicted molar refractivity (Wildman–Crippen MR) is 49.1 cm³/mol. The lowest BCUT2D eigenvalue weighted by Gasteiger charge is -2.01. The van der Waals surface area contributed by atoms with E-state index in [1.54, 1.807) is 12.3 Å². The van der Waals surface area contributed by atoms with Crippen molar-refractivity contribution < 1.29 is 4.74 Å². The van der Waals surface area contributed by atoms with Crippen molar-refractivity contribution >= 4 is 17.2 Å². The molecule has 4 nitrogen and oxygen atoms in total. The second-order valence-electron chi connectivity index (χ2n) is 2.02. The quantitative estimate of drug-likeness (QED) is 0.692. The number of hydrogen-bond donors (Lipinski definition) is 1. The van der Waals surface area contributed by atoms with Gasteiger partial charge in [0.15, 0.2) is 0 Å². The molecule has 0 unspecified atom stereocenters. The normalized spacial score (nSPS) is 9.42. The van der Waals surface area contributed by atoms with Crippen molar-refractivity contribution in [1.29, 1.82) is 0 Å². The molecule has 0 saturated heterocycles. The van der Waals surface area contributed by atoms with Gasteiger partial charge in [0.1, 0.15) is 10.7 Å². The van der Waals surface area contributed by atoms with Gasteiger partial charge in [-0.3, -0.25) is 0 Å². The Morgan fingerprint density at radius 3 is 3.08 bits per heavy atom. The maximum atomic E-state index is 5.36. The smallest absolute Gasteiger partial charge is 0.316 e. The predicted octanol–water partition coefficient (Wildman–Crippen LogP) is 0.509. The van der Waals surface area contributed by atoms with Crippen molar-refractivity contribution in [3.63, 3.8) is 0 Å². The van der Waals surface area contributed by atoms with Gasteiger partial charge in [-0.05, 0) is 13.0 Å². The Bertz CT molecular complexity index is 290. The summed E-state index contributed by atoms with van der Waals surface area (Å²) in [6, 6.07) is 1.95. The average molecular weight is 183 g/mol. The second kappa shape index (κ2) is 3.96. The van der Waals surface area contributed by atoms with Crippen LogP contribution < -0.4 is 10.5 Å². The minimum Gasteiger partial charge on any atom is -0.464 e. The third kappa shape index (κ3) is 2.13.